The summed E-state index contributed by atoms with van der Waals surface area (Å²) in [7, 11) is 0. The SMILES string of the molecule is CC(C)(C)OC(=O)c1cc(F)c(OC(CC(=O)[O-])(C(F)(F)F)C(F)(F)F)c(F)c1. The van der Waals surface area contributed by atoms with Gasteiger partial charge in [0.15, 0.2) is 17.4 Å². The molecule has 1 aromatic rings. The Bertz CT molecular complexity index is 755. The summed E-state index contributed by atoms with van der Waals surface area (Å²) in [5, 5.41) is 10.5. The van der Waals surface area contributed by atoms with E-state index in [-0.39, 0.29) is 12.1 Å². The number of hydrogen-bond donors (Lipinski definition) is 0. The zero-order chi connectivity index (χ0) is 23.0. The number of carbonyl (C=O) groups is 2. The van der Waals surface area contributed by atoms with Crippen LogP contribution in [0.25, 0.3) is 0 Å². The maximum absolute atomic E-state index is 14.1. The summed E-state index contributed by atoms with van der Waals surface area (Å²) >= 11 is 0. The molecule has 0 atom stereocenters. The van der Waals surface area contributed by atoms with Gasteiger partial charge in [-0.2, -0.15) is 26.3 Å². The van der Waals surface area contributed by atoms with Crippen molar-refractivity contribution in [3.63, 3.8) is 0 Å². The van der Waals surface area contributed by atoms with Gasteiger partial charge in [-0.05, 0) is 32.9 Å². The summed E-state index contributed by atoms with van der Waals surface area (Å²) < 4.78 is 115. The molecule has 164 valence electrons. The number of benzene rings is 1. The maximum Gasteiger partial charge on any atom is 0.437 e. The van der Waals surface area contributed by atoms with Crippen LogP contribution in [-0.2, 0) is 9.53 Å². The first-order chi connectivity index (χ1) is 12.8. The van der Waals surface area contributed by atoms with Gasteiger partial charge in [-0.15, -0.1) is 0 Å². The lowest BCUT2D eigenvalue weighted by molar-refractivity contribution is -0.371. The molecule has 0 aliphatic heterocycles. The van der Waals surface area contributed by atoms with E-state index in [4.69, 9.17) is 4.74 Å². The van der Waals surface area contributed by atoms with Gasteiger partial charge in [0.25, 0.3) is 0 Å². The number of halogens is 8. The highest BCUT2D eigenvalue weighted by Crippen LogP contribution is 2.49. The molecule has 5 nitrogen and oxygen atoms in total. The first-order valence-electron chi connectivity index (χ1n) is 7.55. The van der Waals surface area contributed by atoms with Crippen molar-refractivity contribution < 1.29 is 59.3 Å². The standard InChI is InChI=1S/C16H14F8O5/c1-13(2,3)29-12(27)7-4-8(17)11(9(18)5-7)28-14(6-10(25)26,15(19,20)21)16(22,23)24/h4-5H,6H2,1-3H3,(H,25,26)/p-1. The van der Waals surface area contributed by atoms with Crippen LogP contribution in [0.3, 0.4) is 0 Å². The second-order valence-electron chi connectivity index (χ2n) is 6.74. The van der Waals surface area contributed by atoms with E-state index in [9.17, 15) is 49.8 Å². The van der Waals surface area contributed by atoms with Crippen LogP contribution in [0.4, 0.5) is 35.1 Å². The van der Waals surface area contributed by atoms with Crippen molar-refractivity contribution in [3.8, 4) is 5.75 Å². The van der Waals surface area contributed by atoms with Gasteiger partial charge in [-0.25, -0.2) is 13.6 Å². The minimum atomic E-state index is -6.45. The third-order valence-corrected chi connectivity index (χ3v) is 3.22. The molecule has 0 aromatic heterocycles. The molecule has 0 saturated heterocycles. The molecule has 29 heavy (non-hydrogen) atoms. The first-order valence-corrected chi connectivity index (χ1v) is 7.55. The Hall–Kier alpha value is -2.60. The van der Waals surface area contributed by atoms with Crippen molar-refractivity contribution in [2.75, 3.05) is 0 Å². The molecule has 13 heteroatoms. The molecule has 1 rings (SSSR count). The molecule has 0 heterocycles. The molecule has 0 unspecified atom stereocenters. The Morgan fingerprint density at radius 2 is 1.34 bits per heavy atom. The number of hydrogen-bond acceptors (Lipinski definition) is 5. The Morgan fingerprint density at radius 3 is 1.66 bits per heavy atom. The summed E-state index contributed by atoms with van der Waals surface area (Å²) in [6.45, 7) is 4.15. The predicted molar refractivity (Wildman–Crippen MR) is 76.6 cm³/mol. The van der Waals surface area contributed by atoms with E-state index in [0.29, 0.717) is 0 Å². The van der Waals surface area contributed by atoms with Crippen LogP contribution in [-0.4, -0.2) is 35.5 Å². The van der Waals surface area contributed by atoms with E-state index < -0.39 is 64.9 Å². The van der Waals surface area contributed by atoms with Crippen molar-refractivity contribution in [1.29, 1.82) is 0 Å². The van der Waals surface area contributed by atoms with E-state index in [1.165, 1.54) is 20.8 Å². The molecule has 0 bridgehead atoms. The van der Waals surface area contributed by atoms with Gasteiger partial charge >= 0.3 is 23.9 Å². The fourth-order valence-electron chi connectivity index (χ4n) is 2.00. The Balaban J connectivity index is 3.52. The van der Waals surface area contributed by atoms with Gasteiger partial charge in [0.2, 0.25) is 0 Å². The lowest BCUT2D eigenvalue weighted by Gasteiger charge is -2.37. The Labute approximate surface area is 158 Å². The van der Waals surface area contributed by atoms with Crippen molar-refractivity contribution in [3.05, 3.63) is 29.3 Å². The van der Waals surface area contributed by atoms with Crippen molar-refractivity contribution >= 4 is 11.9 Å². The van der Waals surface area contributed by atoms with Crippen molar-refractivity contribution in [2.24, 2.45) is 0 Å². The summed E-state index contributed by atoms with van der Waals surface area (Å²) in [6, 6.07) is 0.173. The Kier molecular flexibility index (Phi) is 6.46. The summed E-state index contributed by atoms with van der Waals surface area (Å²) in [6.07, 6.45) is -15.7. The van der Waals surface area contributed by atoms with Crippen LogP contribution in [0.15, 0.2) is 12.1 Å². The predicted octanol–water partition coefficient (Wildman–Crippen LogP) is 3.30. The molecule has 0 fully saturated rings. The van der Waals surface area contributed by atoms with Gasteiger partial charge in [0.05, 0.1) is 5.56 Å². The third-order valence-electron chi connectivity index (χ3n) is 3.22. The fourth-order valence-corrected chi connectivity index (χ4v) is 2.00. The van der Waals surface area contributed by atoms with Crippen LogP contribution in [0, 0.1) is 11.6 Å². The highest BCUT2D eigenvalue weighted by Gasteiger charge is 2.73. The number of carboxylic acids is 1. The van der Waals surface area contributed by atoms with E-state index in [2.05, 4.69) is 4.74 Å². The van der Waals surface area contributed by atoms with Crippen molar-refractivity contribution in [2.45, 2.75) is 50.7 Å². The molecule has 0 aliphatic carbocycles. The topological polar surface area (TPSA) is 75.7 Å². The molecule has 0 aliphatic rings. The van der Waals surface area contributed by atoms with E-state index in [0.717, 1.165) is 0 Å². The average molecular weight is 437 g/mol. The summed E-state index contributed by atoms with van der Waals surface area (Å²) in [5.41, 5.74) is -7.50. The zero-order valence-electron chi connectivity index (χ0n) is 14.9. The second-order valence-corrected chi connectivity index (χ2v) is 6.74. The van der Waals surface area contributed by atoms with Crippen LogP contribution >= 0.6 is 0 Å². The highest BCUT2D eigenvalue weighted by atomic mass is 19.4. The minimum absolute atomic E-state index is 0.0863. The molecule has 0 radical (unpaired) electrons. The van der Waals surface area contributed by atoms with Crippen LogP contribution in [0.2, 0.25) is 0 Å². The normalized spacial score (nSPS) is 13.2. The number of esters is 1. The number of carboxylic acid groups (broad SMARTS) is 1. The van der Waals surface area contributed by atoms with E-state index >= 15 is 0 Å². The quantitative estimate of drug-likeness (QED) is 0.522. The molecule has 0 saturated carbocycles. The lowest BCUT2D eigenvalue weighted by Crippen LogP contribution is -2.63. The van der Waals surface area contributed by atoms with Gasteiger partial charge in [0.1, 0.15) is 5.60 Å². The number of aliphatic carboxylic acids is 1. The zero-order valence-corrected chi connectivity index (χ0v) is 14.9. The molecule has 0 spiro atoms. The number of carbonyl (C=O) groups excluding carboxylic acids is 2. The van der Waals surface area contributed by atoms with Gasteiger partial charge in [-0.1, -0.05) is 0 Å². The molecular weight excluding hydrogens is 424 g/mol. The number of rotatable bonds is 5. The van der Waals surface area contributed by atoms with Crippen LogP contribution in [0.1, 0.15) is 37.6 Å². The summed E-state index contributed by atoms with van der Waals surface area (Å²) in [4.78, 5) is 22.3. The van der Waals surface area contributed by atoms with Crippen molar-refractivity contribution in [1.82, 2.24) is 0 Å². The average Bonchev–Trinajstić information content (AvgIpc) is 2.44. The second kappa shape index (κ2) is 7.67. The number of alkyl halides is 6. The Morgan fingerprint density at radius 1 is 0.931 bits per heavy atom. The minimum Gasteiger partial charge on any atom is -0.550 e. The maximum atomic E-state index is 14.1. The van der Waals surface area contributed by atoms with Gasteiger partial charge in [-0.3, -0.25) is 0 Å². The molecule has 0 N–H and O–H groups in total. The van der Waals surface area contributed by atoms with E-state index in [1.807, 2.05) is 0 Å². The van der Waals surface area contributed by atoms with Gasteiger partial charge < -0.3 is 19.4 Å². The lowest BCUT2D eigenvalue weighted by atomic mass is 9.97. The fraction of sp³-hybridized carbons (Fsp3) is 0.500. The van der Waals surface area contributed by atoms with Gasteiger partial charge in [0, 0.05) is 12.4 Å². The summed E-state index contributed by atoms with van der Waals surface area (Å²) in [5.74, 6) is -10.6. The smallest absolute Gasteiger partial charge is 0.437 e. The largest absolute Gasteiger partial charge is 0.550 e. The third kappa shape index (κ3) is 5.48. The molecule has 1 aromatic carbocycles. The number of ether oxygens (including phenoxy) is 2. The highest BCUT2D eigenvalue weighted by molar-refractivity contribution is 5.90. The first kappa shape index (κ1) is 24.4. The van der Waals surface area contributed by atoms with E-state index in [1.54, 1.807) is 0 Å². The molecular formula is C16H13F8O5-. The van der Waals surface area contributed by atoms with Crippen LogP contribution in [0.5, 0.6) is 5.75 Å². The van der Waals surface area contributed by atoms with Crippen LogP contribution < -0.4 is 9.84 Å². The monoisotopic (exact) mass is 437 g/mol. The molecule has 0 amide bonds.